The van der Waals surface area contributed by atoms with Crippen LogP contribution >= 0.6 is 0 Å². The van der Waals surface area contributed by atoms with Crippen LogP contribution in [0.3, 0.4) is 0 Å². The quantitative estimate of drug-likeness (QED) is 0.790. The molecule has 0 bridgehead atoms. The molecule has 0 atom stereocenters. The summed E-state index contributed by atoms with van der Waals surface area (Å²) in [5, 5.41) is 4.50. The second-order valence-electron chi connectivity index (χ2n) is 6.50. The maximum Gasteiger partial charge on any atom is 0.228 e. The lowest BCUT2D eigenvalue weighted by molar-refractivity contribution is 0.122. The van der Waals surface area contributed by atoms with Crippen molar-refractivity contribution < 1.29 is 4.74 Å². The minimum absolute atomic E-state index is 0.711. The number of aromatic nitrogens is 2. The maximum absolute atomic E-state index is 5.45. The van der Waals surface area contributed by atoms with Gasteiger partial charge in [0.15, 0.2) is 0 Å². The van der Waals surface area contributed by atoms with Gasteiger partial charge < -0.3 is 15.0 Å². The van der Waals surface area contributed by atoms with E-state index in [1.54, 1.807) is 0 Å². The summed E-state index contributed by atoms with van der Waals surface area (Å²) in [5.74, 6) is 1.57. The number of para-hydroxylation sites is 1. The molecular weight excluding hydrogens is 326 g/mol. The van der Waals surface area contributed by atoms with E-state index in [4.69, 9.17) is 14.7 Å². The number of nitrogens with zero attached hydrogens (tertiary/aromatic N) is 4. The van der Waals surface area contributed by atoms with E-state index < -0.39 is 0 Å². The normalized spacial score (nSPS) is 16.1. The lowest BCUT2D eigenvalue weighted by Crippen LogP contribution is -2.37. The Balaban J connectivity index is 1.55. The van der Waals surface area contributed by atoms with Crippen LogP contribution in [0.25, 0.3) is 10.9 Å². The third-order valence-electron chi connectivity index (χ3n) is 4.79. The highest BCUT2D eigenvalue weighted by Crippen LogP contribution is 2.28. The van der Waals surface area contributed by atoms with Crippen LogP contribution in [-0.2, 0) is 11.3 Å². The van der Waals surface area contributed by atoms with Gasteiger partial charge in [-0.1, -0.05) is 18.2 Å². The van der Waals surface area contributed by atoms with Gasteiger partial charge >= 0.3 is 0 Å². The van der Waals surface area contributed by atoms with Crippen LogP contribution < -0.4 is 10.2 Å². The third-order valence-corrected chi connectivity index (χ3v) is 4.79. The number of ether oxygens (including phenoxy) is 1. The van der Waals surface area contributed by atoms with E-state index in [1.807, 2.05) is 24.4 Å². The van der Waals surface area contributed by atoms with Gasteiger partial charge in [-0.3, -0.25) is 4.99 Å². The van der Waals surface area contributed by atoms with Crippen molar-refractivity contribution in [2.75, 3.05) is 36.5 Å². The smallest absolute Gasteiger partial charge is 0.228 e. The average molecular weight is 345 g/mol. The fourth-order valence-corrected chi connectivity index (χ4v) is 3.38. The standard InChI is InChI=1S/C20H19N5O/c1-2-4-18-17(3-1)19(24-20(23-18)25-7-9-26-10-8-25)22-16-6-5-14-12-21-13-15(14)11-16/h1-6,11,13H,7-10,12H2,(H,22,23,24). The van der Waals surface area contributed by atoms with Crippen LogP contribution in [0.2, 0.25) is 0 Å². The first kappa shape index (κ1) is 15.3. The first-order chi connectivity index (χ1) is 12.9. The van der Waals surface area contributed by atoms with Gasteiger partial charge in [0.05, 0.1) is 25.3 Å². The molecule has 1 N–H and O–H groups in total. The highest BCUT2D eigenvalue weighted by atomic mass is 16.5. The van der Waals surface area contributed by atoms with Gasteiger partial charge in [-0.2, -0.15) is 4.98 Å². The largest absolute Gasteiger partial charge is 0.378 e. The van der Waals surface area contributed by atoms with Gasteiger partial charge in [0.1, 0.15) is 5.82 Å². The summed E-state index contributed by atoms with van der Waals surface area (Å²) in [4.78, 5) is 16.1. The van der Waals surface area contributed by atoms with Crippen molar-refractivity contribution in [3.63, 3.8) is 0 Å². The SMILES string of the molecule is C1=NCc2ccc(Nc3nc(N4CCOCC4)nc4ccccc34)cc21. The van der Waals surface area contributed by atoms with Gasteiger partial charge in [-0.15, -0.1) is 0 Å². The van der Waals surface area contributed by atoms with Crippen molar-refractivity contribution in [1.82, 2.24) is 9.97 Å². The third kappa shape index (κ3) is 2.78. The fourth-order valence-electron chi connectivity index (χ4n) is 3.38. The van der Waals surface area contributed by atoms with E-state index in [0.29, 0.717) is 13.2 Å². The molecule has 3 heterocycles. The second-order valence-corrected chi connectivity index (χ2v) is 6.50. The summed E-state index contributed by atoms with van der Waals surface area (Å²) in [7, 11) is 0. The summed E-state index contributed by atoms with van der Waals surface area (Å²) < 4.78 is 5.45. The van der Waals surface area contributed by atoms with E-state index >= 15 is 0 Å². The zero-order valence-electron chi connectivity index (χ0n) is 14.4. The van der Waals surface area contributed by atoms with Crippen LogP contribution in [0.4, 0.5) is 17.5 Å². The molecule has 3 aromatic rings. The Morgan fingerprint density at radius 3 is 2.81 bits per heavy atom. The summed E-state index contributed by atoms with van der Waals surface area (Å²) >= 11 is 0. The maximum atomic E-state index is 5.45. The van der Waals surface area contributed by atoms with Gasteiger partial charge in [0, 0.05) is 30.4 Å². The molecule has 0 unspecified atom stereocenters. The molecule has 6 nitrogen and oxygen atoms in total. The molecule has 0 amide bonds. The van der Waals surface area contributed by atoms with Crippen molar-refractivity contribution in [3.05, 3.63) is 53.6 Å². The predicted molar refractivity (Wildman–Crippen MR) is 104 cm³/mol. The summed E-state index contributed by atoms with van der Waals surface area (Å²) in [6.07, 6.45) is 1.93. The Hall–Kier alpha value is -2.99. The number of benzene rings is 2. The Labute approximate surface area is 151 Å². The van der Waals surface area contributed by atoms with E-state index in [2.05, 4.69) is 39.5 Å². The lowest BCUT2D eigenvalue weighted by atomic mass is 10.1. The first-order valence-electron chi connectivity index (χ1n) is 8.86. The van der Waals surface area contributed by atoms with Gasteiger partial charge in [-0.05, 0) is 35.4 Å². The molecule has 2 aliphatic rings. The Bertz CT molecular complexity index is 995. The first-order valence-corrected chi connectivity index (χ1v) is 8.86. The van der Waals surface area contributed by atoms with Crippen LogP contribution in [0.5, 0.6) is 0 Å². The number of aliphatic imine (C=N–C) groups is 1. The molecule has 1 fully saturated rings. The Morgan fingerprint density at radius 2 is 1.88 bits per heavy atom. The minimum atomic E-state index is 0.711. The molecule has 26 heavy (non-hydrogen) atoms. The van der Waals surface area contributed by atoms with Crippen molar-refractivity contribution >= 4 is 34.6 Å². The van der Waals surface area contributed by atoms with Crippen molar-refractivity contribution in [2.24, 2.45) is 4.99 Å². The fraction of sp³-hybridized carbons (Fsp3) is 0.250. The molecule has 5 rings (SSSR count). The van der Waals surface area contributed by atoms with Gasteiger partial charge in [0.2, 0.25) is 5.95 Å². The monoisotopic (exact) mass is 345 g/mol. The van der Waals surface area contributed by atoms with E-state index in [-0.39, 0.29) is 0 Å². The second kappa shape index (κ2) is 6.38. The minimum Gasteiger partial charge on any atom is -0.378 e. The molecule has 6 heteroatoms. The average Bonchev–Trinajstić information content (AvgIpc) is 3.16. The molecule has 2 aromatic carbocycles. The van der Waals surface area contributed by atoms with E-state index in [9.17, 15) is 0 Å². The highest BCUT2D eigenvalue weighted by Gasteiger charge is 2.17. The van der Waals surface area contributed by atoms with Crippen LogP contribution in [0.15, 0.2) is 47.5 Å². The number of hydrogen-bond donors (Lipinski definition) is 1. The molecule has 130 valence electrons. The number of nitrogens with one attached hydrogen (secondary N) is 1. The molecule has 0 radical (unpaired) electrons. The van der Waals surface area contributed by atoms with Crippen molar-refractivity contribution in [2.45, 2.75) is 6.54 Å². The van der Waals surface area contributed by atoms with Gasteiger partial charge in [-0.25, -0.2) is 4.98 Å². The number of anilines is 3. The molecule has 0 aliphatic carbocycles. The molecule has 2 aliphatic heterocycles. The topological polar surface area (TPSA) is 62.6 Å². The Morgan fingerprint density at radius 1 is 1.00 bits per heavy atom. The van der Waals surface area contributed by atoms with Crippen LogP contribution in [0.1, 0.15) is 11.1 Å². The zero-order valence-corrected chi connectivity index (χ0v) is 14.4. The molecule has 1 saturated heterocycles. The Kier molecular flexibility index (Phi) is 3.75. The van der Waals surface area contributed by atoms with Crippen LogP contribution in [-0.4, -0.2) is 42.5 Å². The molecule has 1 aromatic heterocycles. The van der Waals surface area contributed by atoms with Crippen LogP contribution in [0, 0.1) is 0 Å². The van der Waals surface area contributed by atoms with E-state index in [0.717, 1.165) is 48.0 Å². The summed E-state index contributed by atoms with van der Waals surface area (Å²) in [6, 6.07) is 14.4. The number of morpholine rings is 1. The highest BCUT2D eigenvalue weighted by molar-refractivity contribution is 5.92. The zero-order chi connectivity index (χ0) is 17.3. The summed E-state index contributed by atoms with van der Waals surface area (Å²) in [5.41, 5.74) is 4.38. The predicted octanol–water partition coefficient (Wildman–Crippen LogP) is 3.14. The number of fused-ring (bicyclic) bond motifs is 2. The summed E-state index contributed by atoms with van der Waals surface area (Å²) in [6.45, 7) is 3.82. The lowest BCUT2D eigenvalue weighted by Gasteiger charge is -2.27. The number of rotatable bonds is 3. The molecule has 0 saturated carbocycles. The van der Waals surface area contributed by atoms with E-state index in [1.165, 1.54) is 11.1 Å². The van der Waals surface area contributed by atoms with Gasteiger partial charge in [0.25, 0.3) is 0 Å². The van der Waals surface area contributed by atoms with Crippen molar-refractivity contribution in [3.8, 4) is 0 Å². The molecular formula is C20H19N5O. The number of hydrogen-bond acceptors (Lipinski definition) is 6. The van der Waals surface area contributed by atoms with Crippen molar-refractivity contribution in [1.29, 1.82) is 0 Å². The molecule has 0 spiro atoms.